The van der Waals surface area contributed by atoms with E-state index >= 15 is 0 Å². The molecule has 1 aromatic carbocycles. The number of benzene rings is 1. The van der Waals surface area contributed by atoms with Crippen molar-refractivity contribution in [2.45, 2.75) is 12.5 Å². The Morgan fingerprint density at radius 1 is 1.17 bits per heavy atom. The van der Waals surface area contributed by atoms with Crippen LogP contribution in [0.4, 0.5) is 0 Å². The SMILES string of the molecule is O=C(C1=C(O)C(=O)N(CCCN2CCOCC2)[C@H]1c1cccc(Br)c1)c1ccco1. The first-order chi connectivity index (χ1) is 14.6. The highest BCUT2D eigenvalue weighted by molar-refractivity contribution is 9.10. The van der Waals surface area contributed by atoms with Gasteiger partial charge in [-0.1, -0.05) is 28.1 Å². The highest BCUT2D eigenvalue weighted by atomic mass is 79.9. The lowest BCUT2D eigenvalue weighted by Crippen LogP contribution is -2.39. The highest BCUT2D eigenvalue weighted by Gasteiger charge is 2.44. The van der Waals surface area contributed by atoms with E-state index in [1.165, 1.54) is 12.3 Å². The van der Waals surface area contributed by atoms with Crippen LogP contribution in [-0.4, -0.2) is 66.0 Å². The van der Waals surface area contributed by atoms with E-state index in [9.17, 15) is 14.7 Å². The van der Waals surface area contributed by atoms with Crippen LogP contribution in [0.25, 0.3) is 0 Å². The number of amides is 1. The molecule has 2 aromatic rings. The molecule has 2 aliphatic heterocycles. The van der Waals surface area contributed by atoms with E-state index < -0.39 is 23.5 Å². The number of carbonyl (C=O) groups excluding carboxylic acids is 2. The molecule has 0 bridgehead atoms. The van der Waals surface area contributed by atoms with Gasteiger partial charge in [0.1, 0.15) is 0 Å². The second kappa shape index (κ2) is 9.16. The number of morpholine rings is 1. The second-order valence-corrected chi connectivity index (χ2v) is 8.25. The molecule has 3 heterocycles. The number of carbonyl (C=O) groups is 2. The van der Waals surface area contributed by atoms with Crippen molar-refractivity contribution in [3.05, 3.63) is 69.8 Å². The first kappa shape index (κ1) is 20.8. The molecule has 7 nitrogen and oxygen atoms in total. The molecule has 1 fully saturated rings. The second-order valence-electron chi connectivity index (χ2n) is 7.33. The van der Waals surface area contributed by atoms with Gasteiger partial charge in [0.25, 0.3) is 5.91 Å². The molecular weight excluding hydrogens is 452 g/mol. The zero-order valence-electron chi connectivity index (χ0n) is 16.4. The average Bonchev–Trinajstić information content (AvgIpc) is 3.37. The maximum absolute atomic E-state index is 13.1. The third-order valence-corrected chi connectivity index (χ3v) is 5.93. The van der Waals surface area contributed by atoms with Crippen LogP contribution in [0.2, 0.25) is 0 Å². The molecule has 1 N–H and O–H groups in total. The van der Waals surface area contributed by atoms with Gasteiger partial charge in [0, 0.05) is 30.7 Å². The summed E-state index contributed by atoms with van der Waals surface area (Å²) in [5, 5.41) is 10.6. The molecule has 0 saturated carbocycles. The van der Waals surface area contributed by atoms with E-state index in [4.69, 9.17) is 9.15 Å². The predicted octanol–water partition coefficient (Wildman–Crippen LogP) is 3.34. The van der Waals surface area contributed by atoms with Gasteiger partial charge in [0.05, 0.1) is 31.1 Å². The maximum Gasteiger partial charge on any atom is 0.290 e. The molecule has 1 amide bonds. The molecule has 1 saturated heterocycles. The number of Topliss-reactive ketones (excluding diaryl/α,β-unsaturated/α-hetero) is 1. The molecule has 8 heteroatoms. The Morgan fingerprint density at radius 2 is 1.97 bits per heavy atom. The van der Waals surface area contributed by atoms with Gasteiger partial charge in [-0.25, -0.2) is 0 Å². The van der Waals surface area contributed by atoms with Crippen molar-refractivity contribution in [1.29, 1.82) is 0 Å². The summed E-state index contributed by atoms with van der Waals surface area (Å²) in [4.78, 5) is 29.9. The smallest absolute Gasteiger partial charge is 0.290 e. The monoisotopic (exact) mass is 474 g/mol. The largest absolute Gasteiger partial charge is 0.503 e. The van der Waals surface area contributed by atoms with Gasteiger partial charge in [-0.3, -0.25) is 14.5 Å². The Kier molecular flexibility index (Phi) is 6.36. The van der Waals surface area contributed by atoms with Gasteiger partial charge in [0.2, 0.25) is 5.78 Å². The number of aliphatic hydroxyl groups excluding tert-OH is 1. The fraction of sp³-hybridized carbons (Fsp3) is 0.364. The number of hydrogen-bond donors (Lipinski definition) is 1. The summed E-state index contributed by atoms with van der Waals surface area (Å²) in [5.41, 5.74) is 0.808. The zero-order chi connectivity index (χ0) is 21.1. The third kappa shape index (κ3) is 4.21. The van der Waals surface area contributed by atoms with Crippen molar-refractivity contribution in [3.8, 4) is 0 Å². The van der Waals surface area contributed by atoms with Gasteiger partial charge >= 0.3 is 0 Å². The van der Waals surface area contributed by atoms with Crippen LogP contribution in [0.5, 0.6) is 0 Å². The van der Waals surface area contributed by atoms with Gasteiger partial charge in [0.15, 0.2) is 11.5 Å². The van der Waals surface area contributed by atoms with Crippen LogP contribution < -0.4 is 0 Å². The Labute approximate surface area is 183 Å². The van der Waals surface area contributed by atoms with Crippen LogP contribution >= 0.6 is 15.9 Å². The number of rotatable bonds is 7. The summed E-state index contributed by atoms with van der Waals surface area (Å²) >= 11 is 3.46. The van der Waals surface area contributed by atoms with Crippen molar-refractivity contribution in [1.82, 2.24) is 9.80 Å². The first-order valence-corrected chi connectivity index (χ1v) is 10.7. The van der Waals surface area contributed by atoms with Gasteiger partial charge in [-0.05, 0) is 36.2 Å². The molecule has 1 atom stereocenters. The van der Waals surface area contributed by atoms with Crippen molar-refractivity contribution in [2.75, 3.05) is 39.4 Å². The summed E-state index contributed by atoms with van der Waals surface area (Å²) in [6, 6.07) is 9.91. The number of hydrogen-bond acceptors (Lipinski definition) is 6. The van der Waals surface area contributed by atoms with E-state index in [2.05, 4.69) is 20.8 Å². The lowest BCUT2D eigenvalue weighted by molar-refractivity contribution is -0.129. The number of ether oxygens (including phenoxy) is 1. The van der Waals surface area contributed by atoms with Crippen molar-refractivity contribution < 1.29 is 23.8 Å². The van der Waals surface area contributed by atoms with Gasteiger partial charge in [-0.15, -0.1) is 0 Å². The lowest BCUT2D eigenvalue weighted by Gasteiger charge is -2.30. The first-order valence-electron chi connectivity index (χ1n) is 9.94. The Balaban J connectivity index is 1.60. The lowest BCUT2D eigenvalue weighted by atomic mass is 9.95. The van der Waals surface area contributed by atoms with E-state index in [0.717, 1.165) is 36.1 Å². The minimum atomic E-state index is -0.669. The van der Waals surface area contributed by atoms with Crippen LogP contribution in [0.1, 0.15) is 28.6 Å². The molecule has 1 aromatic heterocycles. The topological polar surface area (TPSA) is 83.2 Å². The Hall–Kier alpha value is -2.42. The van der Waals surface area contributed by atoms with E-state index in [0.29, 0.717) is 19.8 Å². The van der Waals surface area contributed by atoms with E-state index in [1.807, 2.05) is 24.3 Å². The van der Waals surface area contributed by atoms with Crippen LogP contribution in [-0.2, 0) is 9.53 Å². The molecule has 0 radical (unpaired) electrons. The fourth-order valence-electron chi connectivity index (χ4n) is 3.97. The fourth-order valence-corrected chi connectivity index (χ4v) is 4.39. The normalized spacial score (nSPS) is 20.2. The standard InChI is InChI=1S/C22H23BrN2O5/c23-16-5-1-4-15(14-16)19-18(20(26)17-6-2-11-30-17)21(27)22(28)25(19)8-3-7-24-9-12-29-13-10-24/h1-2,4-6,11,14,19,27H,3,7-10,12-13H2/t19-/m0/s1. The molecular formula is C22H23BrN2O5. The number of halogens is 1. The molecule has 0 unspecified atom stereocenters. The number of ketones is 1. The summed E-state index contributed by atoms with van der Waals surface area (Å²) in [7, 11) is 0. The summed E-state index contributed by atoms with van der Waals surface area (Å²) < 4.78 is 11.4. The summed E-state index contributed by atoms with van der Waals surface area (Å²) in [6.45, 7) is 4.41. The summed E-state index contributed by atoms with van der Waals surface area (Å²) in [5.74, 6) is -1.42. The minimum absolute atomic E-state index is 0.0550. The zero-order valence-corrected chi connectivity index (χ0v) is 18.0. The Bertz CT molecular complexity index is 950. The summed E-state index contributed by atoms with van der Waals surface area (Å²) in [6.07, 6.45) is 2.13. The van der Waals surface area contributed by atoms with E-state index in [1.54, 1.807) is 11.0 Å². The number of aliphatic hydroxyl groups is 1. The maximum atomic E-state index is 13.1. The number of nitrogens with zero attached hydrogens (tertiary/aromatic N) is 2. The third-order valence-electron chi connectivity index (χ3n) is 5.43. The van der Waals surface area contributed by atoms with Crippen molar-refractivity contribution in [3.63, 3.8) is 0 Å². The molecule has 0 spiro atoms. The van der Waals surface area contributed by atoms with Gasteiger partial charge in [-0.2, -0.15) is 0 Å². The van der Waals surface area contributed by atoms with Crippen molar-refractivity contribution in [2.24, 2.45) is 0 Å². The van der Waals surface area contributed by atoms with Crippen LogP contribution in [0.15, 0.2) is 62.9 Å². The van der Waals surface area contributed by atoms with Gasteiger partial charge < -0.3 is 19.2 Å². The van der Waals surface area contributed by atoms with Crippen molar-refractivity contribution >= 4 is 27.6 Å². The quantitative estimate of drug-likeness (QED) is 0.619. The van der Waals surface area contributed by atoms with E-state index in [-0.39, 0.29) is 11.3 Å². The molecule has 4 rings (SSSR count). The number of furan rings is 1. The highest BCUT2D eigenvalue weighted by Crippen LogP contribution is 2.39. The minimum Gasteiger partial charge on any atom is -0.503 e. The average molecular weight is 475 g/mol. The molecule has 0 aliphatic carbocycles. The van der Waals surface area contributed by atoms with Crippen LogP contribution in [0.3, 0.4) is 0 Å². The molecule has 30 heavy (non-hydrogen) atoms. The van der Waals surface area contributed by atoms with Crippen LogP contribution in [0, 0.1) is 0 Å². The Morgan fingerprint density at radius 3 is 2.67 bits per heavy atom. The molecule has 2 aliphatic rings. The predicted molar refractivity (Wildman–Crippen MR) is 113 cm³/mol. The molecule has 158 valence electrons.